The zero-order chi connectivity index (χ0) is 19.6. The molecule has 3 heterocycles. The van der Waals surface area contributed by atoms with Crippen molar-refractivity contribution in [3.05, 3.63) is 41.6 Å². The number of hydrogen-bond acceptors (Lipinski definition) is 3. The van der Waals surface area contributed by atoms with E-state index in [-0.39, 0.29) is 17.0 Å². The van der Waals surface area contributed by atoms with Gasteiger partial charge in [-0.2, -0.15) is 26.3 Å². The van der Waals surface area contributed by atoms with Crippen molar-refractivity contribution in [3.8, 4) is 11.5 Å². The van der Waals surface area contributed by atoms with E-state index in [0.717, 1.165) is 18.2 Å². The zero-order valence-corrected chi connectivity index (χ0v) is 13.4. The van der Waals surface area contributed by atoms with Crippen molar-refractivity contribution in [2.45, 2.75) is 12.4 Å². The van der Waals surface area contributed by atoms with Gasteiger partial charge in [-0.1, -0.05) is 0 Å². The first-order valence-electron chi connectivity index (χ1n) is 7.52. The lowest BCUT2D eigenvalue weighted by Crippen LogP contribution is -2.09. The number of benzene rings is 1. The van der Waals surface area contributed by atoms with Crippen LogP contribution in [0.25, 0.3) is 33.6 Å². The summed E-state index contributed by atoms with van der Waals surface area (Å²) < 4.78 is 78.3. The molecule has 0 atom stereocenters. The van der Waals surface area contributed by atoms with Crippen LogP contribution in [0.4, 0.5) is 26.3 Å². The molecule has 4 rings (SSSR count). The van der Waals surface area contributed by atoms with Gasteiger partial charge in [-0.15, -0.1) is 10.2 Å². The van der Waals surface area contributed by atoms with Gasteiger partial charge in [-0.25, -0.2) is 4.98 Å². The van der Waals surface area contributed by atoms with Crippen LogP contribution < -0.4 is 0 Å². The highest BCUT2D eigenvalue weighted by Crippen LogP contribution is 2.34. The van der Waals surface area contributed by atoms with Crippen molar-refractivity contribution in [1.29, 1.82) is 0 Å². The molecule has 0 unspecified atom stereocenters. The Kier molecular flexibility index (Phi) is 3.49. The van der Waals surface area contributed by atoms with E-state index in [2.05, 4.69) is 20.2 Å². The maximum atomic E-state index is 12.8. The number of imidazole rings is 1. The minimum atomic E-state index is -4.66. The molecule has 11 heteroatoms. The van der Waals surface area contributed by atoms with E-state index in [9.17, 15) is 26.3 Å². The number of rotatable bonds is 1. The second-order valence-corrected chi connectivity index (χ2v) is 5.91. The van der Waals surface area contributed by atoms with Gasteiger partial charge in [0.15, 0.2) is 17.2 Å². The van der Waals surface area contributed by atoms with Crippen molar-refractivity contribution in [3.63, 3.8) is 0 Å². The second kappa shape index (κ2) is 5.44. The number of nitrogens with one attached hydrogen (secondary N) is 1. The lowest BCUT2D eigenvalue weighted by Gasteiger charge is -2.05. The smallest absolute Gasteiger partial charge is 0.352 e. The van der Waals surface area contributed by atoms with Crippen molar-refractivity contribution in [1.82, 2.24) is 24.7 Å². The van der Waals surface area contributed by atoms with Crippen molar-refractivity contribution < 1.29 is 26.3 Å². The molecule has 1 aromatic carbocycles. The van der Waals surface area contributed by atoms with Gasteiger partial charge >= 0.3 is 12.4 Å². The molecule has 4 aromatic rings. The van der Waals surface area contributed by atoms with Gasteiger partial charge in [0.25, 0.3) is 0 Å². The minimum absolute atomic E-state index is 0.0236. The van der Waals surface area contributed by atoms with Crippen LogP contribution in [-0.4, -0.2) is 24.7 Å². The first kappa shape index (κ1) is 17.3. The summed E-state index contributed by atoms with van der Waals surface area (Å²) in [4.78, 5) is 7.05. The Labute approximate surface area is 146 Å². The predicted molar refractivity (Wildman–Crippen MR) is 83.6 cm³/mol. The highest BCUT2D eigenvalue weighted by molar-refractivity contribution is 5.87. The van der Waals surface area contributed by atoms with Crippen LogP contribution in [0.2, 0.25) is 0 Å². The number of aromatic nitrogens is 5. The fourth-order valence-electron chi connectivity index (χ4n) is 2.79. The second-order valence-electron chi connectivity index (χ2n) is 5.91. The van der Waals surface area contributed by atoms with Gasteiger partial charge in [-0.05, 0) is 24.3 Å². The molecule has 0 aliphatic heterocycles. The Bertz CT molecular complexity index is 1170. The zero-order valence-electron chi connectivity index (χ0n) is 13.4. The van der Waals surface area contributed by atoms with Gasteiger partial charge in [0, 0.05) is 24.0 Å². The molecule has 0 saturated carbocycles. The standard InChI is InChI=1S/C16H9F6N5/c1-27-13(24-11-6-12(16(20,21)22)25-26-14(11)27)10-5-7-4-8(15(17,18)19)2-3-9(7)23-10/h2-6,23H,1H3. The molecule has 1 N–H and O–H groups in total. The number of nitrogens with zero attached hydrogens (tertiary/aromatic N) is 4. The van der Waals surface area contributed by atoms with Gasteiger partial charge in [-0.3, -0.25) is 0 Å². The molecular weight excluding hydrogens is 376 g/mol. The number of H-pyrrole nitrogens is 1. The molecule has 27 heavy (non-hydrogen) atoms. The van der Waals surface area contributed by atoms with Crippen LogP contribution in [0.1, 0.15) is 11.3 Å². The third-order valence-electron chi connectivity index (χ3n) is 4.10. The minimum Gasteiger partial charge on any atom is -0.352 e. The van der Waals surface area contributed by atoms with Crippen molar-refractivity contribution in [2.24, 2.45) is 7.05 Å². The molecule has 0 fully saturated rings. The maximum absolute atomic E-state index is 12.8. The number of hydrogen-bond donors (Lipinski definition) is 1. The van der Waals surface area contributed by atoms with Crippen molar-refractivity contribution in [2.75, 3.05) is 0 Å². The number of alkyl halides is 6. The third kappa shape index (κ3) is 2.88. The maximum Gasteiger partial charge on any atom is 0.435 e. The van der Waals surface area contributed by atoms with E-state index >= 15 is 0 Å². The summed E-state index contributed by atoms with van der Waals surface area (Å²) in [6.07, 6.45) is -9.14. The lowest BCUT2D eigenvalue weighted by molar-refractivity contribution is -0.141. The molecule has 0 spiro atoms. The molecule has 0 bridgehead atoms. The van der Waals surface area contributed by atoms with Crippen LogP contribution in [-0.2, 0) is 19.4 Å². The molecule has 0 aliphatic rings. The van der Waals surface area contributed by atoms with E-state index in [0.29, 0.717) is 16.6 Å². The average Bonchev–Trinajstić information content (AvgIpc) is 3.13. The highest BCUT2D eigenvalue weighted by Gasteiger charge is 2.34. The molecule has 0 aliphatic carbocycles. The van der Waals surface area contributed by atoms with Gasteiger partial charge < -0.3 is 9.55 Å². The third-order valence-corrected chi connectivity index (χ3v) is 4.10. The molecule has 5 nitrogen and oxygen atoms in total. The molecule has 3 aromatic heterocycles. The quantitative estimate of drug-likeness (QED) is 0.489. The Morgan fingerprint density at radius 1 is 0.926 bits per heavy atom. The molecule has 0 amide bonds. The summed E-state index contributed by atoms with van der Waals surface area (Å²) in [6.45, 7) is 0. The number of fused-ring (bicyclic) bond motifs is 2. The van der Waals surface area contributed by atoms with Crippen LogP contribution in [0.5, 0.6) is 0 Å². The van der Waals surface area contributed by atoms with Gasteiger partial charge in [0.05, 0.1) is 11.3 Å². The number of halogens is 6. The Morgan fingerprint density at radius 3 is 2.33 bits per heavy atom. The van der Waals surface area contributed by atoms with Crippen molar-refractivity contribution >= 4 is 22.1 Å². The summed E-state index contributed by atoms with van der Waals surface area (Å²) in [5.41, 5.74) is -1.10. The first-order valence-corrected chi connectivity index (χ1v) is 7.52. The van der Waals surface area contributed by atoms with Crippen LogP contribution >= 0.6 is 0 Å². The Hall–Kier alpha value is -3.11. The molecule has 0 saturated heterocycles. The van der Waals surface area contributed by atoms with E-state index in [4.69, 9.17) is 0 Å². The van der Waals surface area contributed by atoms with E-state index in [1.165, 1.54) is 23.7 Å². The summed E-state index contributed by atoms with van der Waals surface area (Å²) in [7, 11) is 1.53. The van der Waals surface area contributed by atoms with E-state index in [1.807, 2.05) is 0 Å². The number of aromatic amines is 1. The van der Waals surface area contributed by atoms with E-state index in [1.54, 1.807) is 0 Å². The monoisotopic (exact) mass is 385 g/mol. The average molecular weight is 385 g/mol. The Balaban J connectivity index is 1.85. The van der Waals surface area contributed by atoms with Gasteiger partial charge in [0.1, 0.15) is 5.52 Å². The Morgan fingerprint density at radius 2 is 1.67 bits per heavy atom. The lowest BCUT2D eigenvalue weighted by atomic mass is 10.1. The first-order chi connectivity index (χ1) is 12.5. The van der Waals surface area contributed by atoms with Crippen LogP contribution in [0.3, 0.4) is 0 Å². The normalized spacial score (nSPS) is 13.0. The largest absolute Gasteiger partial charge is 0.435 e. The summed E-state index contributed by atoms with van der Waals surface area (Å²) >= 11 is 0. The summed E-state index contributed by atoms with van der Waals surface area (Å²) in [6, 6.07) is 5.43. The topological polar surface area (TPSA) is 59.4 Å². The summed E-state index contributed by atoms with van der Waals surface area (Å²) in [5, 5.41) is 7.02. The predicted octanol–water partition coefficient (Wildman–Crippen LogP) is 4.55. The SMILES string of the molecule is Cn1c(-c2cc3cc(C(F)(F)F)ccc3[nH]2)nc2cc(C(F)(F)F)nnc21. The molecule has 140 valence electrons. The van der Waals surface area contributed by atoms with Gasteiger partial charge in [0.2, 0.25) is 0 Å². The molecular formula is C16H9F6N5. The summed E-state index contributed by atoms with van der Waals surface area (Å²) in [5.74, 6) is 0.225. The fraction of sp³-hybridized carbons (Fsp3) is 0.188. The molecule has 0 radical (unpaired) electrons. The van der Waals surface area contributed by atoms with Crippen LogP contribution in [0.15, 0.2) is 30.3 Å². The van der Waals surface area contributed by atoms with Crippen LogP contribution in [0, 0.1) is 0 Å². The number of aryl methyl sites for hydroxylation is 1. The fourth-order valence-corrected chi connectivity index (χ4v) is 2.79. The highest BCUT2D eigenvalue weighted by atomic mass is 19.4. The van der Waals surface area contributed by atoms with E-state index < -0.39 is 23.6 Å².